The largest absolute Gasteiger partial charge is 0.492 e. The van der Waals surface area contributed by atoms with Crippen molar-refractivity contribution in [2.24, 2.45) is 0 Å². The van der Waals surface area contributed by atoms with Crippen LogP contribution in [-0.2, 0) is 25.6 Å². The molecule has 1 aliphatic rings. The molecule has 36 heavy (non-hydrogen) atoms. The highest BCUT2D eigenvalue weighted by atomic mass is 79.9. The van der Waals surface area contributed by atoms with Gasteiger partial charge in [-0.2, -0.15) is 0 Å². The van der Waals surface area contributed by atoms with Crippen LogP contribution in [0.2, 0.25) is 5.02 Å². The maximum atomic E-state index is 13.2. The predicted molar refractivity (Wildman–Crippen MR) is 141 cm³/mol. The Morgan fingerprint density at radius 2 is 1.53 bits per heavy atom. The van der Waals surface area contributed by atoms with E-state index < -0.39 is 17.9 Å². The topological polar surface area (TPSA) is 74.3 Å². The molecule has 1 aliphatic heterocycles. The van der Waals surface area contributed by atoms with E-state index in [4.69, 9.17) is 30.5 Å². The number of benzene rings is 2. The van der Waals surface area contributed by atoms with E-state index in [0.29, 0.717) is 50.9 Å². The van der Waals surface area contributed by atoms with E-state index in [1.165, 1.54) is 0 Å². The number of hydrogen-bond acceptors (Lipinski definition) is 7. The molecule has 7 nitrogen and oxygen atoms in total. The van der Waals surface area contributed by atoms with E-state index in [9.17, 15) is 9.59 Å². The van der Waals surface area contributed by atoms with Crippen molar-refractivity contribution in [3.05, 3.63) is 80.6 Å². The third-order valence-corrected chi connectivity index (χ3v) is 6.24. The summed E-state index contributed by atoms with van der Waals surface area (Å²) in [5.41, 5.74) is 2.20. The van der Waals surface area contributed by atoms with Gasteiger partial charge in [-0.25, -0.2) is 9.59 Å². The number of ether oxygens (including phenoxy) is 4. The average Bonchev–Trinajstić information content (AvgIpc) is 2.85. The quantitative estimate of drug-likeness (QED) is 0.320. The molecule has 0 N–H and O–H groups in total. The molecule has 2 aromatic carbocycles. The summed E-state index contributed by atoms with van der Waals surface area (Å²) in [6.07, 6.45) is 3.41. The van der Waals surface area contributed by atoms with Gasteiger partial charge in [-0.1, -0.05) is 23.7 Å². The smallest absolute Gasteiger partial charge is 0.336 e. The van der Waals surface area contributed by atoms with Crippen LogP contribution in [0.15, 0.2) is 64.4 Å². The van der Waals surface area contributed by atoms with Gasteiger partial charge < -0.3 is 23.8 Å². The lowest BCUT2D eigenvalue weighted by atomic mass is 9.83. The minimum absolute atomic E-state index is 0.190. The van der Waals surface area contributed by atoms with Crippen LogP contribution >= 0.6 is 27.5 Å². The van der Waals surface area contributed by atoms with Crippen LogP contribution in [0.5, 0.6) is 11.5 Å². The van der Waals surface area contributed by atoms with Crippen molar-refractivity contribution in [2.45, 2.75) is 33.2 Å². The molecular formula is C27H29BrClNO6. The number of carbonyl (C=O) groups excluding carboxylic acids is 2. The van der Waals surface area contributed by atoms with Gasteiger partial charge in [0.2, 0.25) is 0 Å². The van der Waals surface area contributed by atoms with Crippen LogP contribution in [0.1, 0.15) is 37.8 Å². The first-order valence-electron chi connectivity index (χ1n) is 11.6. The number of halogens is 2. The van der Waals surface area contributed by atoms with Crippen molar-refractivity contribution < 1.29 is 28.5 Å². The SMILES string of the molecule is CCOC(=O)C1=CN(Cc2ccc(Cl)cc2)C=C(C(=O)OCC)C1c1cc(Br)c(OC)c(OCC)c1. The van der Waals surface area contributed by atoms with Gasteiger partial charge in [-0.05, 0) is 72.1 Å². The summed E-state index contributed by atoms with van der Waals surface area (Å²) < 4.78 is 22.7. The van der Waals surface area contributed by atoms with Gasteiger partial charge in [-0.15, -0.1) is 0 Å². The summed E-state index contributed by atoms with van der Waals surface area (Å²) in [5, 5.41) is 0.623. The highest BCUT2D eigenvalue weighted by Crippen LogP contribution is 2.44. The van der Waals surface area contributed by atoms with Gasteiger partial charge in [0.05, 0.1) is 48.5 Å². The number of rotatable bonds is 10. The zero-order valence-corrected chi connectivity index (χ0v) is 23.0. The number of hydrogen-bond donors (Lipinski definition) is 0. The van der Waals surface area contributed by atoms with E-state index in [2.05, 4.69) is 15.9 Å². The molecule has 3 rings (SSSR count). The molecular weight excluding hydrogens is 550 g/mol. The fourth-order valence-electron chi connectivity index (χ4n) is 3.95. The molecule has 0 amide bonds. The summed E-state index contributed by atoms with van der Waals surface area (Å²) in [6.45, 7) is 6.54. The van der Waals surface area contributed by atoms with E-state index in [1.54, 1.807) is 62.5 Å². The van der Waals surface area contributed by atoms with E-state index in [0.717, 1.165) is 5.56 Å². The maximum absolute atomic E-state index is 13.2. The van der Waals surface area contributed by atoms with Crippen LogP contribution in [0.25, 0.3) is 0 Å². The maximum Gasteiger partial charge on any atom is 0.336 e. The number of esters is 2. The zero-order chi connectivity index (χ0) is 26.2. The molecule has 2 aromatic rings. The summed E-state index contributed by atoms with van der Waals surface area (Å²) in [4.78, 5) is 28.2. The Bertz CT molecular complexity index is 1130. The van der Waals surface area contributed by atoms with E-state index in [1.807, 2.05) is 19.1 Å². The lowest BCUT2D eigenvalue weighted by Crippen LogP contribution is -2.29. The Kier molecular flexibility index (Phi) is 9.84. The molecule has 0 spiro atoms. The van der Waals surface area contributed by atoms with Crippen molar-refractivity contribution in [1.29, 1.82) is 0 Å². The molecule has 9 heteroatoms. The first-order valence-corrected chi connectivity index (χ1v) is 12.8. The standard InChI is InChI=1S/C27H29BrClNO6/c1-5-34-23-13-18(12-22(28)25(23)33-4)24-20(26(31)35-6-2)15-30(16-21(24)27(32)36-7-3)14-17-8-10-19(29)11-9-17/h8-13,15-16,24H,5-7,14H2,1-4H3. The zero-order valence-electron chi connectivity index (χ0n) is 20.7. The highest BCUT2D eigenvalue weighted by Gasteiger charge is 2.36. The van der Waals surface area contributed by atoms with E-state index in [-0.39, 0.29) is 13.2 Å². The molecule has 0 fully saturated rings. The van der Waals surface area contributed by atoms with Gasteiger partial charge in [0.25, 0.3) is 0 Å². The van der Waals surface area contributed by atoms with Crippen LogP contribution in [0.4, 0.5) is 0 Å². The predicted octanol–water partition coefficient (Wildman–Crippen LogP) is 6.00. The fraction of sp³-hybridized carbons (Fsp3) is 0.333. The Balaban J connectivity index is 2.16. The second kappa shape index (κ2) is 12.8. The Labute approximate surface area is 224 Å². The average molecular weight is 579 g/mol. The van der Waals surface area contributed by atoms with Crippen molar-refractivity contribution >= 4 is 39.5 Å². The third kappa shape index (κ3) is 6.42. The lowest BCUT2D eigenvalue weighted by Gasteiger charge is -2.31. The summed E-state index contributed by atoms with van der Waals surface area (Å²) in [5.74, 6) is -0.790. The minimum atomic E-state index is -0.744. The van der Waals surface area contributed by atoms with Crippen LogP contribution in [0.3, 0.4) is 0 Å². The third-order valence-electron chi connectivity index (χ3n) is 5.40. The molecule has 0 unspecified atom stereocenters. The van der Waals surface area contributed by atoms with Crippen molar-refractivity contribution in [2.75, 3.05) is 26.9 Å². The first-order chi connectivity index (χ1) is 17.3. The Morgan fingerprint density at radius 1 is 0.944 bits per heavy atom. The Morgan fingerprint density at radius 3 is 2.03 bits per heavy atom. The molecule has 0 saturated heterocycles. The number of methoxy groups -OCH3 is 1. The monoisotopic (exact) mass is 577 g/mol. The lowest BCUT2D eigenvalue weighted by molar-refractivity contribution is -0.139. The van der Waals surface area contributed by atoms with Gasteiger partial charge >= 0.3 is 11.9 Å². The molecule has 192 valence electrons. The van der Waals surface area contributed by atoms with Gasteiger partial charge in [0.15, 0.2) is 11.5 Å². The van der Waals surface area contributed by atoms with Crippen LogP contribution in [0, 0.1) is 0 Å². The summed E-state index contributed by atoms with van der Waals surface area (Å²) in [6, 6.07) is 10.9. The number of carbonyl (C=O) groups is 2. The van der Waals surface area contributed by atoms with Crippen LogP contribution < -0.4 is 9.47 Å². The van der Waals surface area contributed by atoms with Crippen molar-refractivity contribution in [3.8, 4) is 11.5 Å². The number of nitrogens with zero attached hydrogens (tertiary/aromatic N) is 1. The second-order valence-corrected chi connectivity index (χ2v) is 9.10. The van der Waals surface area contributed by atoms with Gasteiger partial charge in [0, 0.05) is 24.0 Å². The molecule has 0 aliphatic carbocycles. The first kappa shape index (κ1) is 27.6. The Hall–Kier alpha value is -2.97. The molecule has 0 bridgehead atoms. The van der Waals surface area contributed by atoms with Crippen molar-refractivity contribution in [3.63, 3.8) is 0 Å². The molecule has 0 saturated carbocycles. The van der Waals surface area contributed by atoms with Crippen molar-refractivity contribution in [1.82, 2.24) is 4.90 Å². The van der Waals surface area contributed by atoms with Gasteiger partial charge in [-0.3, -0.25) is 0 Å². The normalized spacial score (nSPS) is 13.6. The summed E-state index contributed by atoms with van der Waals surface area (Å²) in [7, 11) is 1.55. The molecule has 0 aromatic heterocycles. The minimum Gasteiger partial charge on any atom is -0.492 e. The fourth-order valence-corrected chi connectivity index (χ4v) is 4.70. The van der Waals surface area contributed by atoms with Crippen LogP contribution in [-0.4, -0.2) is 43.8 Å². The van der Waals surface area contributed by atoms with Gasteiger partial charge in [0.1, 0.15) is 0 Å². The van der Waals surface area contributed by atoms with E-state index >= 15 is 0 Å². The highest BCUT2D eigenvalue weighted by molar-refractivity contribution is 9.10. The summed E-state index contributed by atoms with van der Waals surface area (Å²) >= 11 is 9.56. The molecule has 0 atom stereocenters. The molecule has 1 heterocycles. The molecule has 0 radical (unpaired) electrons. The second-order valence-electron chi connectivity index (χ2n) is 7.81.